The summed E-state index contributed by atoms with van der Waals surface area (Å²) in [7, 11) is 0. The lowest BCUT2D eigenvalue weighted by Gasteiger charge is -2.09. The number of non-ortho nitro benzene ring substituents is 1. The van der Waals surface area contributed by atoms with Crippen LogP contribution in [-0.2, 0) is 11.3 Å². The Hall–Kier alpha value is -3.86. The highest BCUT2D eigenvalue weighted by Crippen LogP contribution is 2.29. The van der Waals surface area contributed by atoms with Gasteiger partial charge < -0.3 is 9.73 Å². The van der Waals surface area contributed by atoms with Crippen molar-refractivity contribution >= 4 is 39.0 Å². The number of furan rings is 1. The second-order valence-corrected chi connectivity index (χ2v) is 7.23. The molecule has 4 rings (SSSR count). The number of hydrogen-bond donors (Lipinski definition) is 1. The van der Waals surface area contributed by atoms with Crippen LogP contribution in [0.5, 0.6) is 0 Å². The highest BCUT2D eigenvalue weighted by molar-refractivity contribution is 7.18. The Morgan fingerprint density at radius 2 is 2.14 bits per heavy atom. The number of carbonyl (C=O) groups is 1. The zero-order chi connectivity index (χ0) is 20.5. The fraction of sp³-hybridized carbons (Fsp3) is 0.111. The van der Waals surface area contributed by atoms with E-state index in [4.69, 9.17) is 4.42 Å². The number of aryl methyl sites for hydroxylation is 1. The number of aromatic nitrogens is 3. The smallest absolute Gasteiger partial charge is 0.349 e. The molecule has 0 aliphatic heterocycles. The van der Waals surface area contributed by atoms with Crippen LogP contribution in [0.1, 0.15) is 5.01 Å². The summed E-state index contributed by atoms with van der Waals surface area (Å²) in [6.45, 7) is 1.47. The van der Waals surface area contributed by atoms with Crippen LogP contribution in [0.2, 0.25) is 0 Å². The molecule has 3 aromatic heterocycles. The Morgan fingerprint density at radius 1 is 1.31 bits per heavy atom. The molecule has 0 bridgehead atoms. The van der Waals surface area contributed by atoms with Crippen LogP contribution in [0.15, 0.2) is 51.9 Å². The normalized spacial score (nSPS) is 10.9. The van der Waals surface area contributed by atoms with Gasteiger partial charge in [0.25, 0.3) is 5.69 Å². The Balaban J connectivity index is 1.68. The van der Waals surface area contributed by atoms with E-state index in [1.807, 2.05) is 0 Å². The van der Waals surface area contributed by atoms with Gasteiger partial charge in [-0.1, -0.05) is 6.07 Å². The summed E-state index contributed by atoms with van der Waals surface area (Å²) in [6, 6.07) is 8.91. The van der Waals surface area contributed by atoms with Crippen molar-refractivity contribution in [2.75, 3.05) is 5.32 Å². The first-order valence-electron chi connectivity index (χ1n) is 8.38. The van der Waals surface area contributed by atoms with E-state index >= 15 is 0 Å². The van der Waals surface area contributed by atoms with Crippen molar-refractivity contribution in [1.82, 2.24) is 14.5 Å². The molecule has 0 spiro atoms. The fourth-order valence-corrected chi connectivity index (χ4v) is 3.72. The summed E-state index contributed by atoms with van der Waals surface area (Å²) >= 11 is 1.26. The van der Waals surface area contributed by atoms with Gasteiger partial charge in [0.15, 0.2) is 5.76 Å². The molecule has 1 amide bonds. The maximum absolute atomic E-state index is 12.6. The molecule has 146 valence electrons. The van der Waals surface area contributed by atoms with Gasteiger partial charge in [-0.05, 0) is 25.1 Å². The lowest BCUT2D eigenvalue weighted by atomic mass is 10.3. The van der Waals surface area contributed by atoms with Crippen molar-refractivity contribution in [3.63, 3.8) is 0 Å². The second-order valence-electron chi connectivity index (χ2n) is 6.05. The zero-order valence-corrected chi connectivity index (χ0v) is 15.8. The van der Waals surface area contributed by atoms with E-state index in [1.165, 1.54) is 46.4 Å². The van der Waals surface area contributed by atoms with Crippen LogP contribution < -0.4 is 11.0 Å². The number of nitrogens with one attached hydrogen (secondary N) is 1. The van der Waals surface area contributed by atoms with Crippen LogP contribution in [0.4, 0.5) is 11.4 Å². The molecule has 3 heterocycles. The van der Waals surface area contributed by atoms with Gasteiger partial charge in [0.05, 0.1) is 16.2 Å². The van der Waals surface area contributed by atoms with Gasteiger partial charge in [0.1, 0.15) is 22.6 Å². The number of benzene rings is 1. The van der Waals surface area contributed by atoms with Gasteiger partial charge >= 0.3 is 5.69 Å². The SMILES string of the molecule is Cc1nc2c(-c3ccco3)nc(=O)n(CC(=O)Nc3cccc([N+](=O)[O-])c3)c2s1. The summed E-state index contributed by atoms with van der Waals surface area (Å²) in [6.07, 6.45) is 1.47. The average Bonchev–Trinajstić information content (AvgIpc) is 3.33. The fourth-order valence-electron chi connectivity index (χ4n) is 2.82. The van der Waals surface area contributed by atoms with E-state index in [-0.39, 0.29) is 17.9 Å². The average molecular weight is 411 g/mol. The highest BCUT2D eigenvalue weighted by atomic mass is 32.1. The molecule has 0 saturated carbocycles. The third-order valence-electron chi connectivity index (χ3n) is 4.02. The zero-order valence-electron chi connectivity index (χ0n) is 15.0. The van der Waals surface area contributed by atoms with Crippen molar-refractivity contribution in [2.24, 2.45) is 0 Å². The van der Waals surface area contributed by atoms with Crippen molar-refractivity contribution < 1.29 is 14.1 Å². The Kier molecular flexibility index (Phi) is 4.64. The summed E-state index contributed by atoms with van der Waals surface area (Å²) in [5, 5.41) is 14.1. The number of amides is 1. The molecule has 4 aromatic rings. The quantitative estimate of drug-likeness (QED) is 0.394. The molecule has 0 fully saturated rings. The molecule has 0 aliphatic carbocycles. The van der Waals surface area contributed by atoms with Crippen LogP contribution >= 0.6 is 11.3 Å². The summed E-state index contributed by atoms with van der Waals surface area (Å²) in [5.41, 5.74) is 0.265. The van der Waals surface area contributed by atoms with E-state index in [0.717, 1.165) is 0 Å². The number of nitrogens with zero attached hydrogens (tertiary/aromatic N) is 4. The Labute approximate surface area is 166 Å². The molecule has 0 saturated heterocycles. The molecule has 29 heavy (non-hydrogen) atoms. The number of hydrogen-bond acceptors (Lipinski definition) is 8. The molecule has 0 unspecified atom stereocenters. The second kappa shape index (κ2) is 7.28. The van der Waals surface area contributed by atoms with E-state index in [1.54, 1.807) is 19.1 Å². The summed E-state index contributed by atoms with van der Waals surface area (Å²) in [5.74, 6) is -0.113. The molecular formula is C18H13N5O5S. The number of carbonyl (C=O) groups excluding carboxylic acids is 1. The standard InChI is InChI=1S/C18H13N5O5S/c1-10-19-16-15(13-6-3-7-28-13)21-18(25)22(17(16)29-10)9-14(24)20-11-4-2-5-12(8-11)23(26)27/h2-8H,9H2,1H3,(H,20,24). The topological polar surface area (TPSA) is 133 Å². The number of nitro groups is 1. The number of thiazole rings is 1. The molecule has 1 N–H and O–H groups in total. The first kappa shape index (κ1) is 18.5. The molecule has 0 atom stereocenters. The van der Waals surface area contributed by atoms with Crippen molar-refractivity contribution in [1.29, 1.82) is 0 Å². The van der Waals surface area contributed by atoms with Crippen LogP contribution in [0.25, 0.3) is 21.8 Å². The van der Waals surface area contributed by atoms with E-state index < -0.39 is 16.5 Å². The summed E-state index contributed by atoms with van der Waals surface area (Å²) < 4.78 is 6.56. The Bertz CT molecular complexity index is 1290. The maximum atomic E-state index is 12.6. The third-order valence-corrected chi connectivity index (χ3v) is 5.01. The van der Waals surface area contributed by atoms with Gasteiger partial charge in [0, 0.05) is 17.8 Å². The van der Waals surface area contributed by atoms with Crippen LogP contribution in [-0.4, -0.2) is 25.4 Å². The van der Waals surface area contributed by atoms with Crippen molar-refractivity contribution in [2.45, 2.75) is 13.5 Å². The number of rotatable bonds is 5. The van der Waals surface area contributed by atoms with E-state index in [0.29, 0.717) is 26.8 Å². The minimum absolute atomic E-state index is 0.148. The van der Waals surface area contributed by atoms with E-state index in [9.17, 15) is 19.7 Å². The van der Waals surface area contributed by atoms with Crippen molar-refractivity contribution in [3.05, 3.63) is 68.3 Å². The largest absolute Gasteiger partial charge is 0.463 e. The van der Waals surface area contributed by atoms with Crippen molar-refractivity contribution in [3.8, 4) is 11.5 Å². The predicted octanol–water partition coefficient (Wildman–Crippen LogP) is 2.97. The monoisotopic (exact) mass is 411 g/mol. The number of fused-ring (bicyclic) bond motifs is 1. The molecule has 11 heteroatoms. The van der Waals surface area contributed by atoms with Crippen LogP contribution in [0.3, 0.4) is 0 Å². The molecule has 0 aliphatic rings. The van der Waals surface area contributed by atoms with Gasteiger partial charge in [-0.15, -0.1) is 11.3 Å². The Morgan fingerprint density at radius 3 is 2.86 bits per heavy atom. The van der Waals surface area contributed by atoms with Gasteiger partial charge in [-0.25, -0.2) is 9.78 Å². The third kappa shape index (κ3) is 3.62. The molecule has 0 radical (unpaired) electrons. The number of nitro benzene ring substituents is 1. The van der Waals surface area contributed by atoms with Crippen LogP contribution in [0, 0.1) is 17.0 Å². The first-order chi connectivity index (χ1) is 13.9. The van der Waals surface area contributed by atoms with Gasteiger partial charge in [-0.3, -0.25) is 19.5 Å². The van der Waals surface area contributed by atoms with E-state index in [2.05, 4.69) is 15.3 Å². The maximum Gasteiger partial charge on any atom is 0.349 e. The lowest BCUT2D eigenvalue weighted by molar-refractivity contribution is -0.384. The molecular weight excluding hydrogens is 398 g/mol. The van der Waals surface area contributed by atoms with Gasteiger partial charge in [0.2, 0.25) is 5.91 Å². The number of anilines is 1. The minimum atomic E-state index is -0.623. The van der Waals surface area contributed by atoms with Gasteiger partial charge in [-0.2, -0.15) is 4.98 Å². The molecule has 1 aromatic carbocycles. The summed E-state index contributed by atoms with van der Waals surface area (Å²) in [4.78, 5) is 44.4. The minimum Gasteiger partial charge on any atom is -0.463 e. The lowest BCUT2D eigenvalue weighted by Crippen LogP contribution is -2.29. The highest BCUT2D eigenvalue weighted by Gasteiger charge is 2.19. The molecule has 10 nitrogen and oxygen atoms in total. The predicted molar refractivity (Wildman–Crippen MR) is 106 cm³/mol. The first-order valence-corrected chi connectivity index (χ1v) is 9.20.